The number of benzene rings is 1. The summed E-state index contributed by atoms with van der Waals surface area (Å²) in [6, 6.07) is 6.31. The van der Waals surface area contributed by atoms with Gasteiger partial charge in [-0.3, -0.25) is 4.79 Å². The Morgan fingerprint density at radius 1 is 1.47 bits per heavy atom. The number of anilines is 1. The summed E-state index contributed by atoms with van der Waals surface area (Å²) in [7, 11) is 0. The number of hydrogen-bond acceptors (Lipinski definition) is 2. The number of hydrogen-bond donors (Lipinski definition) is 1. The van der Waals surface area contributed by atoms with Gasteiger partial charge < -0.3 is 5.32 Å². The lowest BCUT2D eigenvalue weighted by Gasteiger charge is -2.26. The molecule has 0 saturated carbocycles. The number of carbonyl (C=O) groups is 1. The van der Waals surface area contributed by atoms with Gasteiger partial charge in [-0.05, 0) is 37.8 Å². The molecule has 3 nitrogen and oxygen atoms in total. The predicted octanol–water partition coefficient (Wildman–Crippen LogP) is 2.72. The van der Waals surface area contributed by atoms with Crippen LogP contribution >= 0.6 is 0 Å². The van der Waals surface area contributed by atoms with E-state index in [9.17, 15) is 4.79 Å². The van der Waals surface area contributed by atoms with Crippen LogP contribution in [-0.4, -0.2) is 5.91 Å². The Hall–Kier alpha value is -1.82. The van der Waals surface area contributed by atoms with E-state index >= 15 is 0 Å². The lowest BCUT2D eigenvalue weighted by atomic mass is 9.88. The summed E-state index contributed by atoms with van der Waals surface area (Å²) in [4.78, 5) is 11.9. The second-order valence-corrected chi connectivity index (χ2v) is 4.70. The standard InChI is InChI=1S/C14H16N2O/c1-9-6-10(2)13-12(7-9)8-11(4-3-5-15)14(17)16-13/h6-7,11H,3-4,8H2,1-2H3,(H,16,17). The second-order valence-electron chi connectivity index (χ2n) is 4.70. The molecule has 1 unspecified atom stereocenters. The molecule has 1 amide bonds. The van der Waals surface area contributed by atoms with E-state index in [4.69, 9.17) is 5.26 Å². The fourth-order valence-corrected chi connectivity index (χ4v) is 2.45. The van der Waals surface area contributed by atoms with Crippen molar-refractivity contribution in [1.29, 1.82) is 5.26 Å². The third-order valence-corrected chi connectivity index (χ3v) is 3.25. The molecule has 0 spiro atoms. The first-order valence-electron chi connectivity index (χ1n) is 5.89. The summed E-state index contributed by atoms with van der Waals surface area (Å²) in [6.07, 6.45) is 1.85. The van der Waals surface area contributed by atoms with Crippen LogP contribution in [0.15, 0.2) is 12.1 Å². The van der Waals surface area contributed by atoms with Crippen molar-refractivity contribution in [2.45, 2.75) is 33.1 Å². The minimum Gasteiger partial charge on any atom is -0.325 e. The van der Waals surface area contributed by atoms with E-state index in [1.54, 1.807) is 0 Å². The van der Waals surface area contributed by atoms with Crippen molar-refractivity contribution in [3.8, 4) is 6.07 Å². The van der Waals surface area contributed by atoms with Crippen LogP contribution in [0.2, 0.25) is 0 Å². The topological polar surface area (TPSA) is 52.9 Å². The highest BCUT2D eigenvalue weighted by molar-refractivity contribution is 5.96. The van der Waals surface area contributed by atoms with Crippen molar-refractivity contribution in [2.75, 3.05) is 5.32 Å². The fraction of sp³-hybridized carbons (Fsp3) is 0.429. The molecule has 1 aliphatic rings. The number of aryl methyl sites for hydroxylation is 2. The average Bonchev–Trinajstić information content (AvgIpc) is 2.27. The van der Waals surface area contributed by atoms with Gasteiger partial charge in [0.15, 0.2) is 0 Å². The van der Waals surface area contributed by atoms with Crippen LogP contribution in [0, 0.1) is 31.1 Å². The Morgan fingerprint density at radius 2 is 2.24 bits per heavy atom. The lowest BCUT2D eigenvalue weighted by molar-refractivity contribution is -0.120. The van der Waals surface area contributed by atoms with Crippen LogP contribution in [0.3, 0.4) is 0 Å². The molecular weight excluding hydrogens is 212 g/mol. The normalized spacial score (nSPS) is 18.2. The van der Waals surface area contributed by atoms with E-state index in [1.165, 1.54) is 11.1 Å². The molecule has 2 rings (SSSR count). The van der Waals surface area contributed by atoms with Gasteiger partial charge in [0.2, 0.25) is 5.91 Å². The predicted molar refractivity (Wildman–Crippen MR) is 66.6 cm³/mol. The zero-order valence-corrected chi connectivity index (χ0v) is 10.2. The third kappa shape index (κ3) is 2.31. The summed E-state index contributed by atoms with van der Waals surface area (Å²) in [5, 5.41) is 11.6. The highest BCUT2D eigenvalue weighted by atomic mass is 16.1. The molecule has 3 heteroatoms. The summed E-state index contributed by atoms with van der Waals surface area (Å²) in [5.41, 5.74) is 4.50. The number of nitrogens with one attached hydrogen (secondary N) is 1. The average molecular weight is 228 g/mol. The molecule has 17 heavy (non-hydrogen) atoms. The smallest absolute Gasteiger partial charge is 0.227 e. The Kier molecular flexibility index (Phi) is 3.14. The molecule has 1 N–H and O–H groups in total. The SMILES string of the molecule is Cc1cc(C)c2c(c1)CC(CCC#N)C(=O)N2. The van der Waals surface area contributed by atoms with E-state index in [0.29, 0.717) is 12.8 Å². The second kappa shape index (κ2) is 4.58. The van der Waals surface area contributed by atoms with Gasteiger partial charge in [0, 0.05) is 18.0 Å². The van der Waals surface area contributed by atoms with Gasteiger partial charge in [0.1, 0.15) is 0 Å². The summed E-state index contributed by atoms with van der Waals surface area (Å²) < 4.78 is 0. The molecule has 0 fully saturated rings. The Morgan fingerprint density at radius 3 is 2.94 bits per heavy atom. The van der Waals surface area contributed by atoms with Gasteiger partial charge in [-0.2, -0.15) is 5.26 Å². The molecule has 1 heterocycles. The van der Waals surface area contributed by atoms with Gasteiger partial charge in [-0.15, -0.1) is 0 Å². The number of fused-ring (bicyclic) bond motifs is 1. The summed E-state index contributed by atoms with van der Waals surface area (Å²) in [6.45, 7) is 4.08. The number of nitrogens with zero attached hydrogens (tertiary/aromatic N) is 1. The van der Waals surface area contributed by atoms with Gasteiger partial charge in [-0.1, -0.05) is 17.7 Å². The Labute approximate surface area is 101 Å². The molecule has 88 valence electrons. The molecule has 0 saturated heterocycles. The van der Waals surface area contributed by atoms with E-state index in [-0.39, 0.29) is 11.8 Å². The zero-order valence-electron chi connectivity index (χ0n) is 10.2. The molecule has 0 aromatic heterocycles. The van der Waals surface area contributed by atoms with Gasteiger partial charge in [-0.25, -0.2) is 0 Å². The van der Waals surface area contributed by atoms with Crippen LogP contribution in [0.4, 0.5) is 5.69 Å². The van der Waals surface area contributed by atoms with Crippen molar-refractivity contribution >= 4 is 11.6 Å². The first-order valence-corrected chi connectivity index (χ1v) is 5.89. The molecule has 0 bridgehead atoms. The minimum absolute atomic E-state index is 0.0525. The molecule has 1 aromatic carbocycles. The zero-order chi connectivity index (χ0) is 12.4. The highest BCUT2D eigenvalue weighted by Crippen LogP contribution is 2.31. The van der Waals surface area contributed by atoms with Gasteiger partial charge in [0.05, 0.1) is 6.07 Å². The van der Waals surface area contributed by atoms with Crippen molar-refractivity contribution in [3.63, 3.8) is 0 Å². The maximum atomic E-state index is 11.9. The van der Waals surface area contributed by atoms with Crippen LogP contribution in [0.5, 0.6) is 0 Å². The number of rotatable bonds is 2. The van der Waals surface area contributed by atoms with Crippen LogP contribution in [0.1, 0.15) is 29.5 Å². The summed E-state index contributed by atoms with van der Waals surface area (Å²) >= 11 is 0. The van der Waals surface area contributed by atoms with Gasteiger partial charge in [0.25, 0.3) is 0 Å². The highest BCUT2D eigenvalue weighted by Gasteiger charge is 2.26. The van der Waals surface area contributed by atoms with Crippen LogP contribution < -0.4 is 5.32 Å². The van der Waals surface area contributed by atoms with Crippen molar-refractivity contribution < 1.29 is 4.79 Å². The minimum atomic E-state index is -0.0525. The Balaban J connectivity index is 2.28. The molecule has 1 atom stereocenters. The van der Waals surface area contributed by atoms with E-state index in [1.807, 2.05) is 6.92 Å². The molecule has 1 aromatic rings. The largest absolute Gasteiger partial charge is 0.325 e. The first kappa shape index (κ1) is 11.7. The monoisotopic (exact) mass is 228 g/mol. The van der Waals surface area contributed by atoms with E-state index in [2.05, 4.69) is 30.4 Å². The van der Waals surface area contributed by atoms with Crippen molar-refractivity contribution in [2.24, 2.45) is 5.92 Å². The third-order valence-electron chi connectivity index (χ3n) is 3.25. The number of carbonyl (C=O) groups excluding carboxylic acids is 1. The fourth-order valence-electron chi connectivity index (χ4n) is 2.45. The lowest BCUT2D eigenvalue weighted by Crippen LogP contribution is -2.30. The maximum absolute atomic E-state index is 11.9. The quantitative estimate of drug-likeness (QED) is 0.846. The summed E-state index contributed by atoms with van der Waals surface area (Å²) in [5.74, 6) is 0.00283. The van der Waals surface area contributed by atoms with Crippen molar-refractivity contribution in [3.05, 3.63) is 28.8 Å². The molecule has 0 aliphatic carbocycles. The van der Waals surface area contributed by atoms with Crippen molar-refractivity contribution in [1.82, 2.24) is 0 Å². The molecule has 1 aliphatic heterocycles. The molecular formula is C14H16N2O. The van der Waals surface area contributed by atoms with Crippen LogP contribution in [-0.2, 0) is 11.2 Å². The van der Waals surface area contributed by atoms with E-state index in [0.717, 1.165) is 17.7 Å². The number of nitriles is 1. The Bertz CT molecular complexity index is 500. The number of amides is 1. The maximum Gasteiger partial charge on any atom is 0.227 e. The molecule has 0 radical (unpaired) electrons. The first-order chi connectivity index (χ1) is 8.11. The van der Waals surface area contributed by atoms with Gasteiger partial charge >= 0.3 is 0 Å². The van der Waals surface area contributed by atoms with Crippen LogP contribution in [0.25, 0.3) is 0 Å². The van der Waals surface area contributed by atoms with E-state index < -0.39 is 0 Å².